The molecule has 1 aromatic rings. The molecule has 0 aliphatic rings. The smallest absolute Gasteiger partial charge is 0.264 e. The van der Waals surface area contributed by atoms with Gasteiger partial charge in [-0.3, -0.25) is 5.84 Å². The summed E-state index contributed by atoms with van der Waals surface area (Å²) in [7, 11) is 0. The molecule has 12 heavy (non-hydrogen) atoms. The molecule has 0 heterocycles. The number of benzene rings is 1. The molecule has 0 aliphatic heterocycles. The molecule has 0 fully saturated rings. The van der Waals surface area contributed by atoms with E-state index in [1.54, 1.807) is 19.1 Å². The molecule has 2 nitrogen and oxygen atoms in total. The van der Waals surface area contributed by atoms with E-state index < -0.39 is 6.43 Å². The molecule has 1 rings (SSSR count). The number of hydrazine groups is 1. The van der Waals surface area contributed by atoms with Crippen LogP contribution in [0.3, 0.4) is 0 Å². The van der Waals surface area contributed by atoms with Crippen LogP contribution >= 0.6 is 0 Å². The summed E-state index contributed by atoms with van der Waals surface area (Å²) < 4.78 is 24.6. The van der Waals surface area contributed by atoms with Gasteiger partial charge in [0, 0.05) is 11.3 Å². The van der Waals surface area contributed by atoms with Gasteiger partial charge in [0.05, 0.1) is 0 Å². The minimum atomic E-state index is -2.45. The fraction of sp³-hybridized carbons (Fsp3) is 0.250. The zero-order valence-electron chi connectivity index (χ0n) is 6.64. The van der Waals surface area contributed by atoms with E-state index in [0.717, 1.165) is 0 Å². The van der Waals surface area contributed by atoms with Crippen LogP contribution in [0.1, 0.15) is 17.6 Å². The molecule has 0 saturated carbocycles. The van der Waals surface area contributed by atoms with Gasteiger partial charge in [-0.25, -0.2) is 8.78 Å². The lowest BCUT2D eigenvalue weighted by Gasteiger charge is -2.06. The summed E-state index contributed by atoms with van der Waals surface area (Å²) in [5, 5.41) is 0. The molecule has 0 unspecified atom stereocenters. The first-order chi connectivity index (χ1) is 5.65. The maximum atomic E-state index is 12.3. The lowest BCUT2D eigenvalue weighted by molar-refractivity contribution is 0.150. The molecule has 0 aliphatic carbocycles. The highest BCUT2D eigenvalue weighted by Gasteiger charge is 2.10. The van der Waals surface area contributed by atoms with Crippen LogP contribution in [-0.2, 0) is 0 Å². The molecule has 0 amide bonds. The second kappa shape index (κ2) is 3.49. The van der Waals surface area contributed by atoms with Crippen molar-refractivity contribution < 1.29 is 8.78 Å². The van der Waals surface area contributed by atoms with Crippen LogP contribution in [0, 0.1) is 6.92 Å². The molecule has 0 saturated heterocycles. The van der Waals surface area contributed by atoms with Gasteiger partial charge < -0.3 is 5.43 Å². The highest BCUT2D eigenvalue weighted by Crippen LogP contribution is 2.24. The predicted octanol–water partition coefficient (Wildman–Crippen LogP) is 2.22. The van der Waals surface area contributed by atoms with Crippen molar-refractivity contribution in [2.24, 2.45) is 5.84 Å². The van der Waals surface area contributed by atoms with Gasteiger partial charge in [-0.1, -0.05) is 6.07 Å². The van der Waals surface area contributed by atoms with Crippen LogP contribution in [0.5, 0.6) is 0 Å². The molecule has 0 spiro atoms. The standard InChI is InChI=1S/C8H10F2N2/c1-5-2-3-6(12-11)4-7(5)8(9)10/h2-4,8,12H,11H2,1H3. The Morgan fingerprint density at radius 2 is 2.08 bits per heavy atom. The van der Waals surface area contributed by atoms with Crippen LogP contribution in [0.4, 0.5) is 14.5 Å². The average Bonchev–Trinajstić information content (AvgIpc) is 2.05. The van der Waals surface area contributed by atoms with Crippen LogP contribution in [0.2, 0.25) is 0 Å². The van der Waals surface area contributed by atoms with E-state index in [2.05, 4.69) is 5.43 Å². The first-order valence-electron chi connectivity index (χ1n) is 3.50. The number of halogens is 2. The van der Waals surface area contributed by atoms with Crippen LogP contribution in [0.25, 0.3) is 0 Å². The van der Waals surface area contributed by atoms with Crippen molar-refractivity contribution in [1.29, 1.82) is 0 Å². The largest absolute Gasteiger partial charge is 0.324 e. The Morgan fingerprint density at radius 1 is 1.42 bits per heavy atom. The van der Waals surface area contributed by atoms with Gasteiger partial charge in [-0.15, -0.1) is 0 Å². The normalized spacial score (nSPS) is 10.4. The van der Waals surface area contributed by atoms with Gasteiger partial charge >= 0.3 is 0 Å². The monoisotopic (exact) mass is 172 g/mol. The highest BCUT2D eigenvalue weighted by atomic mass is 19.3. The van der Waals surface area contributed by atoms with E-state index in [-0.39, 0.29) is 5.56 Å². The summed E-state index contributed by atoms with van der Waals surface area (Å²) >= 11 is 0. The van der Waals surface area contributed by atoms with Gasteiger partial charge in [0.2, 0.25) is 0 Å². The number of nitrogens with two attached hydrogens (primary N) is 1. The summed E-state index contributed by atoms with van der Waals surface area (Å²) in [6.45, 7) is 1.64. The lowest BCUT2D eigenvalue weighted by Crippen LogP contribution is -2.07. The maximum absolute atomic E-state index is 12.3. The average molecular weight is 172 g/mol. The number of aryl methyl sites for hydroxylation is 1. The SMILES string of the molecule is Cc1ccc(NN)cc1C(F)F. The van der Waals surface area contributed by atoms with Crippen molar-refractivity contribution >= 4 is 5.69 Å². The van der Waals surface area contributed by atoms with Crippen molar-refractivity contribution in [1.82, 2.24) is 0 Å². The topological polar surface area (TPSA) is 38.0 Å². The maximum Gasteiger partial charge on any atom is 0.264 e. The van der Waals surface area contributed by atoms with Gasteiger partial charge in [-0.2, -0.15) is 0 Å². The van der Waals surface area contributed by atoms with Crippen molar-refractivity contribution in [3.63, 3.8) is 0 Å². The van der Waals surface area contributed by atoms with Crippen molar-refractivity contribution in [2.75, 3.05) is 5.43 Å². The molecule has 1 aromatic carbocycles. The Hall–Kier alpha value is -1.16. The number of alkyl halides is 2. The van der Waals surface area contributed by atoms with E-state index in [1.807, 2.05) is 0 Å². The number of nitrogen functional groups attached to an aromatic ring is 1. The van der Waals surface area contributed by atoms with Crippen LogP contribution in [0.15, 0.2) is 18.2 Å². The molecule has 0 atom stereocenters. The number of rotatable bonds is 2. The lowest BCUT2D eigenvalue weighted by atomic mass is 10.1. The summed E-state index contributed by atoms with van der Waals surface area (Å²) in [6, 6.07) is 4.61. The summed E-state index contributed by atoms with van der Waals surface area (Å²) in [6.07, 6.45) is -2.45. The number of anilines is 1. The van der Waals surface area contributed by atoms with E-state index >= 15 is 0 Å². The minimum absolute atomic E-state index is 0.0189. The zero-order chi connectivity index (χ0) is 9.14. The minimum Gasteiger partial charge on any atom is -0.324 e. The van der Waals surface area contributed by atoms with Crippen LogP contribution < -0.4 is 11.3 Å². The Bertz CT molecular complexity index is 274. The molecule has 0 bridgehead atoms. The first kappa shape index (κ1) is 8.93. The third-order valence-electron chi connectivity index (χ3n) is 1.68. The molecule has 4 heteroatoms. The summed E-state index contributed by atoms with van der Waals surface area (Å²) in [4.78, 5) is 0. The Labute approximate surface area is 69.4 Å². The highest BCUT2D eigenvalue weighted by molar-refractivity contribution is 5.47. The second-order valence-electron chi connectivity index (χ2n) is 2.52. The zero-order valence-corrected chi connectivity index (χ0v) is 6.64. The Kier molecular flexibility index (Phi) is 2.60. The van der Waals surface area contributed by atoms with Gasteiger partial charge in [0.25, 0.3) is 6.43 Å². The number of hydrogen-bond donors (Lipinski definition) is 2. The summed E-state index contributed by atoms with van der Waals surface area (Å²) in [5.41, 5.74) is 3.40. The Morgan fingerprint density at radius 3 is 2.58 bits per heavy atom. The molecular formula is C8H10F2N2. The van der Waals surface area contributed by atoms with E-state index in [4.69, 9.17) is 5.84 Å². The molecule has 66 valence electrons. The van der Waals surface area contributed by atoms with Crippen molar-refractivity contribution in [2.45, 2.75) is 13.3 Å². The molecule has 3 N–H and O–H groups in total. The summed E-state index contributed by atoms with van der Waals surface area (Å²) in [5.74, 6) is 5.07. The van der Waals surface area contributed by atoms with Gasteiger partial charge in [0.1, 0.15) is 0 Å². The fourth-order valence-electron chi connectivity index (χ4n) is 0.965. The van der Waals surface area contributed by atoms with Gasteiger partial charge in [0.15, 0.2) is 0 Å². The third-order valence-corrected chi connectivity index (χ3v) is 1.68. The van der Waals surface area contributed by atoms with E-state index in [0.29, 0.717) is 11.3 Å². The van der Waals surface area contributed by atoms with E-state index in [9.17, 15) is 8.78 Å². The number of nitrogens with one attached hydrogen (secondary N) is 1. The number of hydrogen-bond acceptors (Lipinski definition) is 2. The van der Waals surface area contributed by atoms with E-state index in [1.165, 1.54) is 6.07 Å². The first-order valence-corrected chi connectivity index (χ1v) is 3.50. The third kappa shape index (κ3) is 1.71. The predicted molar refractivity (Wildman–Crippen MR) is 43.9 cm³/mol. The molecule has 0 radical (unpaired) electrons. The Balaban J connectivity index is 3.08. The van der Waals surface area contributed by atoms with Crippen molar-refractivity contribution in [3.8, 4) is 0 Å². The van der Waals surface area contributed by atoms with Crippen molar-refractivity contribution in [3.05, 3.63) is 29.3 Å². The molecule has 0 aromatic heterocycles. The van der Waals surface area contributed by atoms with Crippen LogP contribution in [-0.4, -0.2) is 0 Å². The molecular weight excluding hydrogens is 162 g/mol. The fourth-order valence-corrected chi connectivity index (χ4v) is 0.965. The quantitative estimate of drug-likeness (QED) is 0.530. The second-order valence-corrected chi connectivity index (χ2v) is 2.52. The van der Waals surface area contributed by atoms with Gasteiger partial charge in [-0.05, 0) is 24.6 Å².